The highest BCUT2D eigenvalue weighted by atomic mass is 32.1. The second-order valence-corrected chi connectivity index (χ2v) is 6.35. The van der Waals surface area contributed by atoms with Gasteiger partial charge in [0.05, 0.1) is 16.4 Å². The van der Waals surface area contributed by atoms with Crippen LogP contribution in [-0.2, 0) is 19.6 Å². The van der Waals surface area contributed by atoms with Crippen LogP contribution in [0.2, 0.25) is 0 Å². The number of nitrogens with one attached hydrogen (secondary N) is 1. The van der Waals surface area contributed by atoms with E-state index in [9.17, 15) is 18.0 Å². The van der Waals surface area contributed by atoms with Crippen LogP contribution in [0.25, 0.3) is 11.4 Å². The third-order valence-electron chi connectivity index (χ3n) is 3.45. The molecule has 0 aromatic carbocycles. The van der Waals surface area contributed by atoms with Crippen molar-refractivity contribution in [3.05, 3.63) is 52.2 Å². The molecule has 0 bridgehead atoms. The smallest absolute Gasteiger partial charge is 0.350 e. The number of alkyl halides is 3. The molecule has 0 saturated carbocycles. The van der Waals surface area contributed by atoms with Gasteiger partial charge in [0.25, 0.3) is 5.91 Å². The number of carbonyl (C=O) groups excluding carboxylic acids is 1. The topological polar surface area (TPSA) is 72.7 Å². The molecular formula is C16H14F3N5OS. The van der Waals surface area contributed by atoms with Crippen molar-refractivity contribution in [2.45, 2.75) is 12.6 Å². The van der Waals surface area contributed by atoms with Gasteiger partial charge in [-0.3, -0.25) is 14.5 Å². The highest BCUT2D eigenvalue weighted by Crippen LogP contribution is 2.31. The average Bonchev–Trinajstić information content (AvgIpc) is 3.22. The number of aryl methyl sites for hydroxylation is 1. The molecule has 0 atom stereocenters. The molecule has 0 radical (unpaired) electrons. The van der Waals surface area contributed by atoms with Crippen molar-refractivity contribution >= 4 is 17.2 Å². The number of halogens is 3. The standard InChI is InChI=1S/C16H14F3N5OS/c1-24-8-10(16(17,18)19)14(23-24)15(25)21-7-5-13-22-12(9-26-13)11-4-2-3-6-20-11/h2-4,6,8-9H,5,7H2,1H3,(H,21,25). The van der Waals surface area contributed by atoms with Crippen molar-refractivity contribution in [1.29, 1.82) is 0 Å². The molecule has 0 aliphatic carbocycles. The number of aromatic nitrogens is 4. The number of nitrogens with zero attached hydrogens (tertiary/aromatic N) is 4. The summed E-state index contributed by atoms with van der Waals surface area (Å²) in [6, 6.07) is 5.49. The Hall–Kier alpha value is -2.75. The lowest BCUT2D eigenvalue weighted by Gasteiger charge is -2.06. The van der Waals surface area contributed by atoms with Crippen LogP contribution in [0.5, 0.6) is 0 Å². The molecule has 0 saturated heterocycles. The SMILES string of the molecule is Cn1cc(C(F)(F)F)c(C(=O)NCCc2nc(-c3ccccn3)cs2)n1. The van der Waals surface area contributed by atoms with Crippen LogP contribution in [0, 0.1) is 0 Å². The van der Waals surface area contributed by atoms with E-state index >= 15 is 0 Å². The van der Waals surface area contributed by atoms with Crippen LogP contribution in [0.3, 0.4) is 0 Å². The number of hydrogen-bond acceptors (Lipinski definition) is 5. The second kappa shape index (κ2) is 7.24. The van der Waals surface area contributed by atoms with Crippen LogP contribution < -0.4 is 5.32 Å². The molecular weight excluding hydrogens is 367 g/mol. The van der Waals surface area contributed by atoms with Gasteiger partial charge in [0.15, 0.2) is 5.69 Å². The van der Waals surface area contributed by atoms with Crippen LogP contribution in [0.15, 0.2) is 36.0 Å². The van der Waals surface area contributed by atoms with E-state index in [0.29, 0.717) is 6.42 Å². The number of pyridine rings is 1. The van der Waals surface area contributed by atoms with E-state index in [2.05, 4.69) is 20.4 Å². The summed E-state index contributed by atoms with van der Waals surface area (Å²) >= 11 is 1.40. The maximum atomic E-state index is 12.9. The van der Waals surface area contributed by atoms with Gasteiger partial charge < -0.3 is 5.32 Å². The first-order valence-electron chi connectivity index (χ1n) is 7.59. The quantitative estimate of drug-likeness (QED) is 0.738. The minimum absolute atomic E-state index is 0.155. The molecule has 3 aromatic heterocycles. The highest BCUT2D eigenvalue weighted by Gasteiger charge is 2.37. The van der Waals surface area contributed by atoms with Gasteiger partial charge in [0.1, 0.15) is 5.56 Å². The summed E-state index contributed by atoms with van der Waals surface area (Å²) in [5, 5.41) is 8.67. The maximum Gasteiger partial charge on any atom is 0.420 e. The molecule has 3 rings (SSSR count). The van der Waals surface area contributed by atoms with Gasteiger partial charge in [-0.15, -0.1) is 11.3 Å². The van der Waals surface area contributed by atoms with Gasteiger partial charge in [-0.05, 0) is 12.1 Å². The van der Waals surface area contributed by atoms with E-state index in [1.165, 1.54) is 18.4 Å². The van der Waals surface area contributed by atoms with Crippen LogP contribution in [-0.4, -0.2) is 32.2 Å². The molecule has 0 fully saturated rings. The number of thiazole rings is 1. The van der Waals surface area contributed by atoms with E-state index in [1.807, 2.05) is 17.5 Å². The van der Waals surface area contributed by atoms with E-state index in [0.717, 1.165) is 27.3 Å². The minimum Gasteiger partial charge on any atom is -0.350 e. The predicted octanol–water partition coefficient (Wildman–Crippen LogP) is 2.93. The van der Waals surface area contributed by atoms with E-state index in [1.54, 1.807) is 12.3 Å². The summed E-state index contributed by atoms with van der Waals surface area (Å²) in [4.78, 5) is 20.6. The first-order valence-corrected chi connectivity index (χ1v) is 8.47. The van der Waals surface area contributed by atoms with Crippen LogP contribution in [0.4, 0.5) is 13.2 Å². The molecule has 0 spiro atoms. The van der Waals surface area contributed by atoms with Gasteiger partial charge >= 0.3 is 6.18 Å². The Kier molecular flexibility index (Phi) is 5.03. The van der Waals surface area contributed by atoms with Gasteiger partial charge in [-0.25, -0.2) is 4.98 Å². The fraction of sp³-hybridized carbons (Fsp3) is 0.250. The van der Waals surface area contributed by atoms with Crippen molar-refractivity contribution in [1.82, 2.24) is 25.1 Å². The molecule has 0 aliphatic rings. The molecule has 0 aliphatic heterocycles. The Balaban J connectivity index is 1.61. The lowest BCUT2D eigenvalue weighted by atomic mass is 10.2. The molecule has 3 heterocycles. The number of hydrogen-bond donors (Lipinski definition) is 1. The fourth-order valence-electron chi connectivity index (χ4n) is 2.29. The van der Waals surface area contributed by atoms with E-state index in [-0.39, 0.29) is 6.54 Å². The van der Waals surface area contributed by atoms with Crippen LogP contribution in [0.1, 0.15) is 21.1 Å². The number of amides is 1. The maximum absolute atomic E-state index is 12.9. The molecule has 0 unspecified atom stereocenters. The zero-order valence-electron chi connectivity index (χ0n) is 13.6. The van der Waals surface area contributed by atoms with Crippen molar-refractivity contribution in [2.24, 2.45) is 7.05 Å². The molecule has 1 amide bonds. The van der Waals surface area contributed by atoms with Crippen molar-refractivity contribution in [2.75, 3.05) is 6.54 Å². The van der Waals surface area contributed by atoms with Crippen LogP contribution >= 0.6 is 11.3 Å². The molecule has 1 N–H and O–H groups in total. The summed E-state index contributed by atoms with van der Waals surface area (Å²) in [5.74, 6) is -0.862. The summed E-state index contributed by atoms with van der Waals surface area (Å²) < 4.78 is 39.7. The Labute approximate surface area is 150 Å². The van der Waals surface area contributed by atoms with Gasteiger partial charge in [0, 0.05) is 37.8 Å². The lowest BCUT2D eigenvalue weighted by molar-refractivity contribution is -0.138. The molecule has 6 nitrogen and oxygen atoms in total. The summed E-state index contributed by atoms with van der Waals surface area (Å²) in [6.07, 6.45) is -1.78. The highest BCUT2D eigenvalue weighted by molar-refractivity contribution is 7.09. The largest absolute Gasteiger partial charge is 0.420 e. The van der Waals surface area contributed by atoms with Crippen molar-refractivity contribution in [3.8, 4) is 11.4 Å². The summed E-state index contributed by atoms with van der Waals surface area (Å²) in [7, 11) is 1.33. The van der Waals surface area contributed by atoms with Gasteiger partial charge in [-0.1, -0.05) is 6.07 Å². The van der Waals surface area contributed by atoms with Crippen molar-refractivity contribution in [3.63, 3.8) is 0 Å². The molecule has 26 heavy (non-hydrogen) atoms. The first-order chi connectivity index (χ1) is 12.3. The zero-order chi connectivity index (χ0) is 18.7. The Morgan fingerprint density at radius 3 is 2.81 bits per heavy atom. The Bertz CT molecular complexity index is 904. The molecule has 136 valence electrons. The second-order valence-electron chi connectivity index (χ2n) is 5.41. The summed E-state index contributed by atoms with van der Waals surface area (Å²) in [5.41, 5.74) is -0.221. The van der Waals surface area contributed by atoms with Gasteiger partial charge in [-0.2, -0.15) is 18.3 Å². The zero-order valence-corrected chi connectivity index (χ0v) is 14.4. The first kappa shape index (κ1) is 18.1. The number of carbonyl (C=O) groups is 1. The third kappa shape index (κ3) is 4.07. The van der Waals surface area contributed by atoms with E-state index < -0.39 is 23.3 Å². The minimum atomic E-state index is -4.63. The molecule has 3 aromatic rings. The Morgan fingerprint density at radius 2 is 2.12 bits per heavy atom. The summed E-state index contributed by atoms with van der Waals surface area (Å²) in [6.45, 7) is 0.155. The molecule has 10 heteroatoms. The van der Waals surface area contributed by atoms with E-state index in [4.69, 9.17) is 0 Å². The van der Waals surface area contributed by atoms with Crippen molar-refractivity contribution < 1.29 is 18.0 Å². The average molecular weight is 381 g/mol. The third-order valence-corrected chi connectivity index (χ3v) is 4.36. The number of rotatable bonds is 5. The van der Waals surface area contributed by atoms with Gasteiger partial charge in [0.2, 0.25) is 0 Å². The monoisotopic (exact) mass is 381 g/mol. The normalized spacial score (nSPS) is 11.5. The lowest BCUT2D eigenvalue weighted by Crippen LogP contribution is -2.28. The Morgan fingerprint density at radius 1 is 1.31 bits per heavy atom. The predicted molar refractivity (Wildman–Crippen MR) is 89.6 cm³/mol. The fourth-order valence-corrected chi connectivity index (χ4v) is 3.08.